The lowest BCUT2D eigenvalue weighted by Crippen LogP contribution is -2.03. The SMILES string of the molecule is CC.CC(C)[C@H](C)CC=O. The van der Waals surface area contributed by atoms with Crippen LogP contribution in [0.15, 0.2) is 0 Å². The zero-order valence-corrected chi connectivity index (χ0v) is 7.85. The summed E-state index contributed by atoms with van der Waals surface area (Å²) in [4.78, 5) is 9.92. The Labute approximate surface area is 64.8 Å². The lowest BCUT2D eigenvalue weighted by Gasteiger charge is -2.09. The molecule has 10 heavy (non-hydrogen) atoms. The van der Waals surface area contributed by atoms with Gasteiger partial charge in [0.2, 0.25) is 0 Å². The summed E-state index contributed by atoms with van der Waals surface area (Å²) in [6, 6.07) is 0. The number of hydrogen-bond acceptors (Lipinski definition) is 1. The monoisotopic (exact) mass is 144 g/mol. The van der Waals surface area contributed by atoms with Crippen LogP contribution in [0.2, 0.25) is 0 Å². The van der Waals surface area contributed by atoms with Crippen LogP contribution in [0, 0.1) is 11.8 Å². The lowest BCUT2D eigenvalue weighted by molar-refractivity contribution is -0.108. The lowest BCUT2D eigenvalue weighted by atomic mass is 9.96. The molecular weight excluding hydrogens is 124 g/mol. The maximum atomic E-state index is 9.92. The third kappa shape index (κ3) is 7.67. The highest BCUT2D eigenvalue weighted by atomic mass is 16.1. The molecule has 0 fully saturated rings. The third-order valence-corrected chi connectivity index (χ3v) is 1.61. The van der Waals surface area contributed by atoms with Crippen LogP contribution in [0.1, 0.15) is 41.0 Å². The maximum Gasteiger partial charge on any atom is 0.120 e. The minimum absolute atomic E-state index is 0.549. The van der Waals surface area contributed by atoms with E-state index in [1.165, 1.54) is 0 Å². The molecule has 0 rings (SSSR count). The van der Waals surface area contributed by atoms with Gasteiger partial charge in [0.05, 0.1) is 0 Å². The van der Waals surface area contributed by atoms with Crippen LogP contribution >= 0.6 is 0 Å². The highest BCUT2D eigenvalue weighted by Crippen LogP contribution is 2.11. The highest BCUT2D eigenvalue weighted by molar-refractivity contribution is 5.49. The fourth-order valence-corrected chi connectivity index (χ4v) is 0.424. The first-order valence-electron chi connectivity index (χ1n) is 4.12. The van der Waals surface area contributed by atoms with Crippen LogP contribution < -0.4 is 0 Å². The first kappa shape index (κ1) is 12.4. The van der Waals surface area contributed by atoms with Crippen molar-refractivity contribution in [2.24, 2.45) is 11.8 Å². The molecule has 1 atom stereocenters. The molecule has 0 aromatic rings. The number of hydrogen-bond donors (Lipinski definition) is 0. The van der Waals surface area contributed by atoms with Gasteiger partial charge in [0, 0.05) is 6.42 Å². The van der Waals surface area contributed by atoms with Crippen molar-refractivity contribution in [3.63, 3.8) is 0 Å². The molecule has 1 nitrogen and oxygen atoms in total. The number of carbonyl (C=O) groups is 1. The average molecular weight is 144 g/mol. The molecule has 0 aromatic heterocycles. The minimum Gasteiger partial charge on any atom is -0.303 e. The van der Waals surface area contributed by atoms with Gasteiger partial charge >= 0.3 is 0 Å². The second-order valence-corrected chi connectivity index (χ2v) is 2.62. The van der Waals surface area contributed by atoms with Gasteiger partial charge in [-0.25, -0.2) is 0 Å². The van der Waals surface area contributed by atoms with E-state index in [1.54, 1.807) is 0 Å². The van der Waals surface area contributed by atoms with E-state index in [9.17, 15) is 4.79 Å². The summed E-state index contributed by atoms with van der Waals surface area (Å²) in [5.41, 5.74) is 0. The largest absolute Gasteiger partial charge is 0.303 e. The molecule has 1 heteroatoms. The molecule has 0 radical (unpaired) electrons. The van der Waals surface area contributed by atoms with Gasteiger partial charge in [0.25, 0.3) is 0 Å². The summed E-state index contributed by atoms with van der Waals surface area (Å²) in [7, 11) is 0. The van der Waals surface area contributed by atoms with Crippen molar-refractivity contribution in [1.29, 1.82) is 0 Å². The smallest absolute Gasteiger partial charge is 0.120 e. The van der Waals surface area contributed by atoms with Crippen molar-refractivity contribution in [2.45, 2.75) is 41.0 Å². The van der Waals surface area contributed by atoms with Crippen LogP contribution in [0.4, 0.5) is 0 Å². The summed E-state index contributed by atoms with van der Waals surface area (Å²) in [5.74, 6) is 1.19. The predicted octanol–water partition coefficient (Wildman–Crippen LogP) is 2.89. The van der Waals surface area contributed by atoms with E-state index < -0.39 is 0 Å². The minimum atomic E-state index is 0.549. The second-order valence-electron chi connectivity index (χ2n) is 2.62. The van der Waals surface area contributed by atoms with Crippen molar-refractivity contribution >= 4 is 6.29 Å². The van der Waals surface area contributed by atoms with E-state index >= 15 is 0 Å². The molecule has 0 aliphatic heterocycles. The van der Waals surface area contributed by atoms with Crippen LogP contribution in [0.25, 0.3) is 0 Å². The summed E-state index contributed by atoms with van der Waals surface area (Å²) >= 11 is 0. The van der Waals surface area contributed by atoms with Gasteiger partial charge in [-0.15, -0.1) is 0 Å². The highest BCUT2D eigenvalue weighted by Gasteiger charge is 2.03. The molecule has 0 aliphatic rings. The molecule has 0 saturated carbocycles. The quantitative estimate of drug-likeness (QED) is 0.557. The van der Waals surface area contributed by atoms with Crippen molar-refractivity contribution in [3.05, 3.63) is 0 Å². The van der Waals surface area contributed by atoms with Crippen molar-refractivity contribution < 1.29 is 4.79 Å². The van der Waals surface area contributed by atoms with E-state index in [-0.39, 0.29) is 0 Å². The Balaban J connectivity index is 0. The summed E-state index contributed by atoms with van der Waals surface area (Å²) in [6.45, 7) is 10.4. The van der Waals surface area contributed by atoms with E-state index in [2.05, 4.69) is 20.8 Å². The average Bonchev–Trinajstić information content (AvgIpc) is 1.93. The third-order valence-electron chi connectivity index (χ3n) is 1.61. The molecular formula is C9H20O. The van der Waals surface area contributed by atoms with Gasteiger partial charge < -0.3 is 4.79 Å². The van der Waals surface area contributed by atoms with Gasteiger partial charge in [-0.2, -0.15) is 0 Å². The van der Waals surface area contributed by atoms with Gasteiger partial charge in [-0.1, -0.05) is 34.6 Å². The molecule has 0 unspecified atom stereocenters. The number of carbonyl (C=O) groups excluding carboxylic acids is 1. The van der Waals surface area contributed by atoms with Crippen molar-refractivity contribution in [3.8, 4) is 0 Å². The Bertz CT molecular complexity index is 67.1. The Morgan fingerprint density at radius 2 is 1.60 bits per heavy atom. The van der Waals surface area contributed by atoms with Gasteiger partial charge in [-0.3, -0.25) is 0 Å². The number of rotatable bonds is 3. The van der Waals surface area contributed by atoms with E-state index in [0.29, 0.717) is 18.3 Å². The summed E-state index contributed by atoms with van der Waals surface area (Å²) < 4.78 is 0. The Morgan fingerprint density at radius 3 is 1.70 bits per heavy atom. The van der Waals surface area contributed by atoms with E-state index in [4.69, 9.17) is 0 Å². The van der Waals surface area contributed by atoms with Crippen molar-refractivity contribution in [2.75, 3.05) is 0 Å². The fraction of sp³-hybridized carbons (Fsp3) is 0.889. The Hall–Kier alpha value is -0.330. The Morgan fingerprint density at radius 1 is 1.20 bits per heavy atom. The molecule has 62 valence electrons. The number of aldehydes is 1. The Kier molecular flexibility index (Phi) is 10.7. The van der Waals surface area contributed by atoms with Gasteiger partial charge in [0.1, 0.15) is 6.29 Å². The van der Waals surface area contributed by atoms with Crippen LogP contribution in [-0.2, 0) is 4.79 Å². The van der Waals surface area contributed by atoms with Gasteiger partial charge in [-0.05, 0) is 11.8 Å². The molecule has 0 aromatic carbocycles. The standard InChI is InChI=1S/C7H14O.C2H6/c1-6(2)7(3)4-5-8;1-2/h5-7H,4H2,1-3H3;1-2H3/t7-;/m1./s1. The zero-order valence-electron chi connectivity index (χ0n) is 7.85. The summed E-state index contributed by atoms with van der Waals surface area (Å²) in [5, 5.41) is 0. The molecule has 0 N–H and O–H groups in total. The topological polar surface area (TPSA) is 17.1 Å². The molecule has 0 aliphatic carbocycles. The molecule has 0 amide bonds. The first-order chi connectivity index (χ1) is 4.68. The molecule has 0 bridgehead atoms. The normalized spacial score (nSPS) is 11.8. The molecule has 0 heterocycles. The second kappa shape index (κ2) is 8.67. The fourth-order valence-electron chi connectivity index (χ4n) is 0.424. The van der Waals surface area contributed by atoms with E-state index in [1.807, 2.05) is 13.8 Å². The predicted molar refractivity (Wildman–Crippen MR) is 46.0 cm³/mol. The van der Waals surface area contributed by atoms with Crippen LogP contribution in [0.3, 0.4) is 0 Å². The van der Waals surface area contributed by atoms with Crippen molar-refractivity contribution in [1.82, 2.24) is 0 Å². The maximum absolute atomic E-state index is 9.92. The zero-order chi connectivity index (χ0) is 8.57. The summed E-state index contributed by atoms with van der Waals surface area (Å²) in [6.07, 6.45) is 1.70. The van der Waals surface area contributed by atoms with Crippen LogP contribution in [-0.4, -0.2) is 6.29 Å². The first-order valence-corrected chi connectivity index (χ1v) is 4.12. The molecule has 0 spiro atoms. The van der Waals surface area contributed by atoms with Crippen LogP contribution in [0.5, 0.6) is 0 Å². The molecule has 0 saturated heterocycles. The van der Waals surface area contributed by atoms with Gasteiger partial charge in [0.15, 0.2) is 0 Å². The van der Waals surface area contributed by atoms with E-state index in [0.717, 1.165) is 6.29 Å².